The van der Waals surface area contributed by atoms with Gasteiger partial charge in [-0.05, 0) is 61.0 Å². The number of anilines is 2. The van der Waals surface area contributed by atoms with Crippen LogP contribution in [0.1, 0.15) is 23.8 Å². The van der Waals surface area contributed by atoms with Crippen molar-refractivity contribution in [1.82, 2.24) is 30.0 Å². The van der Waals surface area contributed by atoms with Gasteiger partial charge in [-0.15, -0.1) is 0 Å². The zero-order valence-electron chi connectivity index (χ0n) is 19.4. The summed E-state index contributed by atoms with van der Waals surface area (Å²) in [6.07, 6.45) is 9.87. The number of hydrogen-bond donors (Lipinski definition) is 3. The highest BCUT2D eigenvalue weighted by molar-refractivity contribution is 5.91. The lowest BCUT2D eigenvalue weighted by Crippen LogP contribution is -2.36. The molecule has 3 N–H and O–H groups in total. The Morgan fingerprint density at radius 1 is 0.944 bits per heavy atom. The minimum atomic E-state index is -0.270. The highest BCUT2D eigenvalue weighted by atomic mass is 19.1. The topological polar surface area (TPSA) is 94.7 Å². The van der Waals surface area contributed by atoms with Crippen LogP contribution in [-0.4, -0.2) is 43.1 Å². The van der Waals surface area contributed by atoms with E-state index in [-0.39, 0.29) is 12.0 Å². The highest BCUT2D eigenvalue weighted by Gasteiger charge is 2.28. The molecular formula is C27H23FN8. The van der Waals surface area contributed by atoms with Gasteiger partial charge >= 0.3 is 0 Å². The van der Waals surface area contributed by atoms with Crippen molar-refractivity contribution in [3.63, 3.8) is 0 Å². The molecule has 9 heteroatoms. The molecule has 0 radical (unpaired) electrons. The standard InChI is InChI=1S/C27H23FN8/c28-20-8-16(15-36-5-2-6-36)7-18(9-20)22-13-30-14-23-24(22)33-27(32-23)25-21-10-19(12-31-26(21)35-34-25)17-3-1-4-29-11-17/h1,3-4,7-14,27,32-33H,2,5-6,15H2,(H,31,34,35). The second kappa shape index (κ2) is 8.39. The normalized spacial score (nSPS) is 16.9. The zero-order valence-corrected chi connectivity index (χ0v) is 19.4. The van der Waals surface area contributed by atoms with Crippen LogP contribution in [0.4, 0.5) is 15.8 Å². The lowest BCUT2D eigenvalue weighted by molar-refractivity contribution is 0.172. The second-order valence-electron chi connectivity index (χ2n) is 9.28. The fourth-order valence-corrected chi connectivity index (χ4v) is 4.95. The molecule has 1 fully saturated rings. The van der Waals surface area contributed by atoms with Gasteiger partial charge in [-0.3, -0.25) is 20.0 Å². The number of aromatic nitrogens is 5. The third kappa shape index (κ3) is 3.64. The molecule has 7 rings (SSSR count). The molecule has 1 atom stereocenters. The van der Waals surface area contributed by atoms with Gasteiger partial charge in [-0.25, -0.2) is 9.37 Å². The molecule has 1 saturated heterocycles. The van der Waals surface area contributed by atoms with E-state index in [0.717, 1.165) is 69.9 Å². The number of rotatable bonds is 5. The Balaban J connectivity index is 1.23. The summed E-state index contributed by atoms with van der Waals surface area (Å²) in [7, 11) is 0. The van der Waals surface area contributed by atoms with Gasteiger partial charge in [0.2, 0.25) is 0 Å². The number of likely N-dealkylation sites (tertiary alicyclic amines) is 1. The molecule has 4 aromatic heterocycles. The van der Waals surface area contributed by atoms with E-state index in [1.54, 1.807) is 36.9 Å². The summed E-state index contributed by atoms with van der Waals surface area (Å²) in [5, 5.41) is 15.5. The summed E-state index contributed by atoms with van der Waals surface area (Å²) in [4.78, 5) is 15.5. The Morgan fingerprint density at radius 2 is 1.89 bits per heavy atom. The number of H-pyrrole nitrogens is 1. The van der Waals surface area contributed by atoms with Gasteiger partial charge in [0.15, 0.2) is 5.65 Å². The van der Waals surface area contributed by atoms with E-state index in [1.807, 2.05) is 18.3 Å². The first-order valence-electron chi connectivity index (χ1n) is 12.0. The average molecular weight is 479 g/mol. The Morgan fingerprint density at radius 3 is 2.72 bits per heavy atom. The monoisotopic (exact) mass is 478 g/mol. The Hall–Kier alpha value is -4.37. The Bertz CT molecular complexity index is 1580. The van der Waals surface area contributed by atoms with E-state index in [2.05, 4.69) is 52.8 Å². The third-order valence-electron chi connectivity index (χ3n) is 6.88. The van der Waals surface area contributed by atoms with E-state index in [1.165, 1.54) is 6.42 Å². The lowest BCUT2D eigenvalue weighted by atomic mass is 10.0. The van der Waals surface area contributed by atoms with Crippen LogP contribution < -0.4 is 10.6 Å². The first-order chi connectivity index (χ1) is 17.7. The molecule has 0 aliphatic carbocycles. The van der Waals surface area contributed by atoms with Crippen molar-refractivity contribution in [3.8, 4) is 22.3 Å². The zero-order chi connectivity index (χ0) is 24.1. The van der Waals surface area contributed by atoms with E-state index in [4.69, 9.17) is 0 Å². The first kappa shape index (κ1) is 21.0. The van der Waals surface area contributed by atoms with Gasteiger partial charge in [-0.1, -0.05) is 6.07 Å². The SMILES string of the molecule is Fc1cc(CN2CCC2)cc(-c2cncc3c2NC(c2[nH]nc4ncc(-c5cccnc5)cc24)N3)c1. The minimum absolute atomic E-state index is 0.239. The molecule has 0 bridgehead atoms. The number of fused-ring (bicyclic) bond motifs is 2. The molecule has 36 heavy (non-hydrogen) atoms. The van der Waals surface area contributed by atoms with Gasteiger partial charge in [0, 0.05) is 53.4 Å². The molecule has 6 heterocycles. The average Bonchev–Trinajstić information content (AvgIpc) is 3.50. The maximum absolute atomic E-state index is 14.6. The van der Waals surface area contributed by atoms with Gasteiger partial charge in [0.1, 0.15) is 12.0 Å². The maximum atomic E-state index is 14.6. The number of hydrogen-bond acceptors (Lipinski definition) is 7. The summed E-state index contributed by atoms with van der Waals surface area (Å²) >= 11 is 0. The second-order valence-corrected chi connectivity index (χ2v) is 9.28. The number of nitrogens with one attached hydrogen (secondary N) is 3. The molecule has 2 aliphatic rings. The van der Waals surface area contributed by atoms with E-state index in [0.29, 0.717) is 5.65 Å². The summed E-state index contributed by atoms with van der Waals surface area (Å²) in [6.45, 7) is 2.89. The molecule has 5 aromatic rings. The maximum Gasteiger partial charge on any atom is 0.181 e. The van der Waals surface area contributed by atoms with E-state index in [9.17, 15) is 4.39 Å². The smallest absolute Gasteiger partial charge is 0.181 e. The van der Waals surface area contributed by atoms with Crippen LogP contribution >= 0.6 is 0 Å². The number of nitrogens with zero attached hydrogens (tertiary/aromatic N) is 5. The van der Waals surface area contributed by atoms with Crippen LogP contribution in [0.25, 0.3) is 33.3 Å². The van der Waals surface area contributed by atoms with Crippen molar-refractivity contribution in [3.05, 3.63) is 84.5 Å². The molecule has 8 nitrogen and oxygen atoms in total. The summed E-state index contributed by atoms with van der Waals surface area (Å²) in [6, 6.07) is 11.2. The van der Waals surface area contributed by atoms with Crippen LogP contribution in [0.3, 0.4) is 0 Å². The van der Waals surface area contributed by atoms with Crippen molar-refractivity contribution in [1.29, 1.82) is 0 Å². The molecule has 178 valence electrons. The van der Waals surface area contributed by atoms with Crippen LogP contribution in [0, 0.1) is 5.82 Å². The van der Waals surface area contributed by atoms with Gasteiger partial charge in [0.25, 0.3) is 0 Å². The fourth-order valence-electron chi connectivity index (χ4n) is 4.95. The number of aromatic amines is 1. The molecule has 1 unspecified atom stereocenters. The molecule has 2 aliphatic heterocycles. The third-order valence-corrected chi connectivity index (χ3v) is 6.88. The van der Waals surface area contributed by atoms with Crippen LogP contribution in [0.15, 0.2) is 67.4 Å². The molecule has 1 aromatic carbocycles. The van der Waals surface area contributed by atoms with Crippen LogP contribution in [-0.2, 0) is 6.54 Å². The van der Waals surface area contributed by atoms with E-state index >= 15 is 0 Å². The van der Waals surface area contributed by atoms with Crippen molar-refractivity contribution in [2.24, 2.45) is 0 Å². The van der Waals surface area contributed by atoms with Crippen molar-refractivity contribution >= 4 is 22.4 Å². The predicted octanol–water partition coefficient (Wildman–Crippen LogP) is 4.96. The first-order valence-corrected chi connectivity index (χ1v) is 12.0. The summed E-state index contributed by atoms with van der Waals surface area (Å²) in [5.74, 6) is -0.239. The van der Waals surface area contributed by atoms with E-state index < -0.39 is 0 Å². The molecule has 0 saturated carbocycles. The Labute approximate surface area is 206 Å². The van der Waals surface area contributed by atoms with Gasteiger partial charge in [0.05, 0.1) is 23.3 Å². The van der Waals surface area contributed by atoms with Crippen molar-refractivity contribution in [2.45, 2.75) is 19.1 Å². The summed E-state index contributed by atoms with van der Waals surface area (Å²) < 4.78 is 14.6. The van der Waals surface area contributed by atoms with Gasteiger partial charge < -0.3 is 10.6 Å². The highest BCUT2D eigenvalue weighted by Crippen LogP contribution is 2.42. The molecule has 0 amide bonds. The van der Waals surface area contributed by atoms with Crippen molar-refractivity contribution in [2.75, 3.05) is 23.7 Å². The number of halogens is 1. The minimum Gasteiger partial charge on any atom is -0.358 e. The van der Waals surface area contributed by atoms with Crippen LogP contribution in [0.2, 0.25) is 0 Å². The molecular weight excluding hydrogens is 455 g/mol. The molecule has 0 spiro atoms. The number of benzene rings is 1. The number of pyridine rings is 3. The largest absolute Gasteiger partial charge is 0.358 e. The summed E-state index contributed by atoms with van der Waals surface area (Å²) in [5.41, 5.74) is 7.81. The van der Waals surface area contributed by atoms with Gasteiger partial charge in [-0.2, -0.15) is 5.10 Å². The van der Waals surface area contributed by atoms with Crippen LogP contribution in [0.5, 0.6) is 0 Å². The lowest BCUT2D eigenvalue weighted by Gasteiger charge is -2.30. The quantitative estimate of drug-likeness (QED) is 0.329. The Kier molecular flexibility index (Phi) is 4.88. The predicted molar refractivity (Wildman–Crippen MR) is 137 cm³/mol. The van der Waals surface area contributed by atoms with Crippen molar-refractivity contribution < 1.29 is 4.39 Å². The fraction of sp³-hybridized carbons (Fsp3) is 0.185.